The predicted molar refractivity (Wildman–Crippen MR) is 234 cm³/mol. The van der Waals surface area contributed by atoms with Gasteiger partial charge in [-0.1, -0.05) is 30.9 Å². The second-order valence-electron chi connectivity index (χ2n) is 17.4. The van der Waals surface area contributed by atoms with Crippen molar-refractivity contribution in [1.29, 1.82) is 0 Å². The zero-order valence-electron chi connectivity index (χ0n) is 35.3. The van der Waals surface area contributed by atoms with E-state index in [4.69, 9.17) is 23.7 Å². The van der Waals surface area contributed by atoms with E-state index < -0.39 is 48.7 Å². The van der Waals surface area contributed by atoms with Crippen molar-refractivity contribution in [2.75, 3.05) is 33.5 Å². The molecule has 6 atom stereocenters. The molecule has 3 aromatic rings. The Morgan fingerprint density at radius 3 is 2.75 bits per heavy atom. The second-order valence-corrected chi connectivity index (χ2v) is 17.4. The number of Topliss-reactive ketones (excluding diaryl/α,β-unsaturated/α-hetero) is 1. The van der Waals surface area contributed by atoms with Gasteiger partial charge in [-0.3, -0.25) is 9.59 Å². The van der Waals surface area contributed by atoms with Gasteiger partial charge in [0.25, 0.3) is 5.91 Å². The molecule has 5 N–H and O–H groups in total. The van der Waals surface area contributed by atoms with E-state index in [-0.39, 0.29) is 72.6 Å². The molecule has 0 unspecified atom stereocenters. The Balaban J connectivity index is 1.20. The highest BCUT2D eigenvalue weighted by molar-refractivity contribution is 6.11. The standard InChI is InChI=1S/C50H48N2O12/c1-60-40-21-30-20-33(28-8-2-3-9-28)43-38(55)24-52-23-36-29(10-4-12-31(36)48(52)58)11-6-18-61-47-44(56)41-25-62-39(35-22-51-37-15-13-27(7-5-17-53)19-34(35)37)16-14-32(40)46(42(30)45(43)57)64-49(63-41)50(47,59)26-54/h4,10,12-16,19-22,28,39,41,44,47,49,53-54,56,59H,2-3,5,7-9,11,17,23-26H2,1H3/p+1/b16-14+/t39-,41-,44-,47+,49-,50-/m1/s1. The highest BCUT2D eigenvalue weighted by atomic mass is 16.7. The first-order chi connectivity index (χ1) is 31.1. The van der Waals surface area contributed by atoms with Crippen LogP contribution < -0.4 is 9.47 Å². The van der Waals surface area contributed by atoms with E-state index >= 15 is 0 Å². The van der Waals surface area contributed by atoms with Crippen LogP contribution in [0.1, 0.15) is 87.4 Å². The van der Waals surface area contributed by atoms with Crippen LogP contribution in [0.4, 0.5) is 0 Å². The number of phenols is 1. The molecule has 14 heteroatoms. The minimum Gasteiger partial charge on any atom is -0.506 e. The lowest BCUT2D eigenvalue weighted by Crippen LogP contribution is -2.70. The number of amides is 1. The Labute approximate surface area is 369 Å². The largest absolute Gasteiger partial charge is 0.506 e. The van der Waals surface area contributed by atoms with Gasteiger partial charge in [0.1, 0.15) is 47.2 Å². The van der Waals surface area contributed by atoms with Crippen LogP contribution in [0.15, 0.2) is 76.0 Å². The number of benzene rings is 3. The number of fused-ring (bicyclic) bond motifs is 5. The molecule has 7 aliphatic rings. The van der Waals surface area contributed by atoms with Gasteiger partial charge in [0, 0.05) is 49.3 Å². The molecule has 8 bridgehead atoms. The maximum Gasteiger partial charge on any atom is 0.254 e. The van der Waals surface area contributed by atoms with Crippen molar-refractivity contribution in [1.82, 2.24) is 4.90 Å². The number of ether oxygens (including phenoxy) is 5. The minimum atomic E-state index is -2.46. The van der Waals surface area contributed by atoms with Gasteiger partial charge in [-0.05, 0) is 84.0 Å². The highest BCUT2D eigenvalue weighted by Crippen LogP contribution is 2.50. The van der Waals surface area contributed by atoms with Crippen molar-refractivity contribution < 1.29 is 58.8 Å². The summed E-state index contributed by atoms with van der Waals surface area (Å²) in [5, 5.41) is 58.3. The quantitative estimate of drug-likeness (QED) is 0.162. The third kappa shape index (κ3) is 7.07. The third-order valence-corrected chi connectivity index (χ3v) is 13.6. The highest BCUT2D eigenvalue weighted by Gasteiger charge is 2.59. The van der Waals surface area contributed by atoms with Crippen molar-refractivity contribution in [2.45, 2.75) is 93.7 Å². The van der Waals surface area contributed by atoms with Crippen LogP contribution in [0.25, 0.3) is 16.8 Å². The molecule has 64 heavy (non-hydrogen) atoms. The van der Waals surface area contributed by atoms with Crippen LogP contribution in [-0.4, -0.2) is 118 Å². The molecule has 2 aliphatic carbocycles. The summed E-state index contributed by atoms with van der Waals surface area (Å²) in [7, 11) is 1.49. The molecule has 3 aromatic carbocycles. The lowest BCUT2D eigenvalue weighted by Gasteiger charge is -2.47. The summed E-state index contributed by atoms with van der Waals surface area (Å²) in [6, 6.07) is 8.92. The molecule has 2 fully saturated rings. The van der Waals surface area contributed by atoms with Crippen LogP contribution in [-0.2, 0) is 27.2 Å². The number of aromatic hydroxyl groups is 1. The lowest BCUT2D eigenvalue weighted by atomic mass is 9.86. The Kier molecular flexibility index (Phi) is 11.1. The molecular weight excluding hydrogens is 821 g/mol. The molecule has 0 radical (unpaired) electrons. The fraction of sp³-hybridized carbons (Fsp3) is 0.400. The molecule has 330 valence electrons. The molecule has 0 aromatic heterocycles. The van der Waals surface area contributed by atoms with Crippen molar-refractivity contribution in [2.24, 2.45) is 4.99 Å². The minimum absolute atomic E-state index is 0.0447. The molecule has 1 saturated heterocycles. The van der Waals surface area contributed by atoms with Crippen molar-refractivity contribution in [3.05, 3.63) is 111 Å². The van der Waals surface area contributed by atoms with Gasteiger partial charge in [0.15, 0.2) is 23.2 Å². The SMILES string of the molecule is COc1cc2cc(C3CCCC3)c3c(O)c2c2c1/C=C/[C@H](C1=C4[CH+]C(CCCO)=CC=C4N=C1)OC[C@H]1O[C@H](O2)[C@@](O)(CO)[C@@H](OC#CCc2cccc4c2CN(CC3=O)C4=O)[C@@H]1O. The average Bonchev–Trinajstić information content (AvgIpc) is 4.06. The summed E-state index contributed by atoms with van der Waals surface area (Å²) < 4.78 is 31.8. The van der Waals surface area contributed by atoms with Gasteiger partial charge in [0.2, 0.25) is 6.29 Å². The van der Waals surface area contributed by atoms with Crippen LogP contribution in [0.2, 0.25) is 0 Å². The predicted octanol–water partition coefficient (Wildman–Crippen LogP) is 4.73. The molecule has 5 heterocycles. The van der Waals surface area contributed by atoms with E-state index in [0.29, 0.717) is 46.2 Å². The fourth-order valence-corrected chi connectivity index (χ4v) is 10.2. The number of aliphatic hydroxyl groups excluding tert-OH is 3. The number of allylic oxidation sites excluding steroid dienone is 4. The van der Waals surface area contributed by atoms with Crippen LogP contribution in [0.3, 0.4) is 0 Å². The first-order valence-electron chi connectivity index (χ1n) is 21.9. The van der Waals surface area contributed by atoms with E-state index in [0.717, 1.165) is 48.1 Å². The topological polar surface area (TPSA) is 197 Å². The van der Waals surface area contributed by atoms with Crippen LogP contribution >= 0.6 is 0 Å². The number of hydrogen-bond donors (Lipinski definition) is 5. The Morgan fingerprint density at radius 2 is 1.95 bits per heavy atom. The van der Waals surface area contributed by atoms with Crippen molar-refractivity contribution >= 4 is 34.8 Å². The van der Waals surface area contributed by atoms with Gasteiger partial charge in [-0.2, -0.15) is 4.99 Å². The molecule has 5 aliphatic heterocycles. The van der Waals surface area contributed by atoms with Gasteiger partial charge >= 0.3 is 0 Å². The lowest BCUT2D eigenvalue weighted by molar-refractivity contribution is -0.327. The number of hydrogen-bond acceptors (Lipinski definition) is 13. The molecule has 1 amide bonds. The summed E-state index contributed by atoms with van der Waals surface area (Å²) >= 11 is 0. The maximum absolute atomic E-state index is 14.9. The average molecular weight is 870 g/mol. The number of phenolic OH excluding ortho intramolecular Hbond substituents is 1. The van der Waals surface area contributed by atoms with E-state index in [1.54, 1.807) is 36.6 Å². The van der Waals surface area contributed by atoms with Crippen molar-refractivity contribution in [3.8, 4) is 29.3 Å². The first-order valence-corrected chi connectivity index (χ1v) is 21.9. The van der Waals surface area contributed by atoms with E-state index in [2.05, 4.69) is 17.0 Å². The monoisotopic (exact) mass is 869 g/mol. The van der Waals surface area contributed by atoms with Crippen LogP contribution in [0, 0.1) is 18.4 Å². The van der Waals surface area contributed by atoms with Crippen molar-refractivity contribution in [3.63, 3.8) is 0 Å². The van der Waals surface area contributed by atoms with Gasteiger partial charge in [0.05, 0.1) is 55.2 Å². The molecule has 10 rings (SSSR count). The number of carbonyl (C=O) groups is 2. The number of aliphatic imine (C=N–C) groups is 1. The Bertz CT molecular complexity index is 2660. The molecule has 1 saturated carbocycles. The fourth-order valence-electron chi connectivity index (χ4n) is 10.2. The Hall–Kier alpha value is -5.92. The zero-order chi connectivity index (χ0) is 44.3. The number of nitrogens with zero attached hydrogens (tertiary/aromatic N) is 2. The number of methoxy groups -OCH3 is 1. The number of aliphatic hydroxyl groups is 4. The molecular formula is C50H49N2O12+. The normalized spacial score (nSPS) is 27.9. The van der Waals surface area contributed by atoms with E-state index in [1.165, 1.54) is 12.0 Å². The number of rotatable bonds is 7. The van der Waals surface area contributed by atoms with Crippen LogP contribution in [0.5, 0.6) is 17.2 Å². The van der Waals surface area contributed by atoms with Gasteiger partial charge < -0.3 is 54.1 Å². The van der Waals surface area contributed by atoms with E-state index in [9.17, 15) is 35.1 Å². The van der Waals surface area contributed by atoms with E-state index in [1.807, 2.05) is 30.7 Å². The second kappa shape index (κ2) is 16.9. The van der Waals surface area contributed by atoms with Gasteiger partial charge in [-0.25, -0.2) is 0 Å². The summed E-state index contributed by atoms with van der Waals surface area (Å²) in [5.74, 6) is 2.00. The third-order valence-electron chi connectivity index (χ3n) is 13.6. The zero-order valence-corrected chi connectivity index (χ0v) is 35.3. The summed E-state index contributed by atoms with van der Waals surface area (Å²) in [6.07, 6.45) is 11.4. The maximum atomic E-state index is 14.9. The smallest absolute Gasteiger partial charge is 0.254 e. The molecule has 14 nitrogen and oxygen atoms in total. The summed E-state index contributed by atoms with van der Waals surface area (Å²) in [6.45, 7) is -1.38. The summed E-state index contributed by atoms with van der Waals surface area (Å²) in [5.41, 5.74) is 3.64. The number of ketones is 1. The van der Waals surface area contributed by atoms with Gasteiger partial charge in [-0.15, -0.1) is 0 Å². The Morgan fingerprint density at radius 1 is 1.11 bits per heavy atom. The number of carbonyl (C=O) groups excluding carboxylic acids is 2. The molecule has 0 spiro atoms. The first kappa shape index (κ1) is 42.1. The summed E-state index contributed by atoms with van der Waals surface area (Å²) in [4.78, 5) is 34.9.